The maximum absolute atomic E-state index is 12.7. The maximum atomic E-state index is 12.7. The summed E-state index contributed by atoms with van der Waals surface area (Å²) in [5.41, 5.74) is 0. The Balaban J connectivity index is 1.93. The van der Waals surface area contributed by atoms with Gasteiger partial charge in [-0.15, -0.1) is 0 Å². The number of rotatable bonds is 11. The average Bonchev–Trinajstić information content (AvgIpc) is 3.47. The third kappa shape index (κ3) is 8.05. The molecule has 0 spiro atoms. The molecule has 11 heteroatoms. The molecule has 4 N–H and O–H groups in total. The fourth-order valence-corrected chi connectivity index (χ4v) is 3.56. The van der Waals surface area contributed by atoms with Crippen LogP contribution in [0.4, 0.5) is 0 Å². The molecule has 3 atom stereocenters. The van der Waals surface area contributed by atoms with Crippen LogP contribution in [0.5, 0.6) is 0 Å². The lowest BCUT2D eigenvalue weighted by Gasteiger charge is -2.25. The number of carboxylic acid groups (broad SMARTS) is 1. The lowest BCUT2D eigenvalue weighted by atomic mass is 10.0. The van der Waals surface area contributed by atoms with E-state index in [9.17, 15) is 24.0 Å². The average molecular weight is 477 g/mol. The second-order valence-electron chi connectivity index (χ2n) is 8.57. The van der Waals surface area contributed by atoms with Gasteiger partial charge in [0.05, 0.1) is 12.8 Å². The Labute approximate surface area is 197 Å². The van der Waals surface area contributed by atoms with Gasteiger partial charge in [-0.1, -0.05) is 13.8 Å². The molecule has 11 nitrogen and oxygen atoms in total. The fraction of sp³-hybridized carbons (Fsp3) is 0.522. The van der Waals surface area contributed by atoms with Gasteiger partial charge in [-0.2, -0.15) is 0 Å². The summed E-state index contributed by atoms with van der Waals surface area (Å²) in [6.07, 6.45) is 5.58. The van der Waals surface area contributed by atoms with Gasteiger partial charge in [-0.05, 0) is 50.3 Å². The molecule has 0 unspecified atom stereocenters. The smallest absolute Gasteiger partial charge is 0.325 e. The molecule has 2 heterocycles. The van der Waals surface area contributed by atoms with Crippen molar-refractivity contribution in [2.45, 2.75) is 58.2 Å². The van der Waals surface area contributed by atoms with Crippen molar-refractivity contribution in [3.8, 4) is 0 Å². The van der Waals surface area contributed by atoms with Crippen molar-refractivity contribution in [1.82, 2.24) is 20.9 Å². The van der Waals surface area contributed by atoms with Crippen LogP contribution < -0.4 is 16.0 Å². The molecule has 2 rings (SSSR count). The van der Waals surface area contributed by atoms with E-state index in [0.29, 0.717) is 31.6 Å². The molecule has 1 aromatic heterocycles. The molecule has 0 radical (unpaired) electrons. The van der Waals surface area contributed by atoms with E-state index in [0.717, 1.165) is 0 Å². The Hall–Kier alpha value is -3.63. The van der Waals surface area contributed by atoms with Gasteiger partial charge in [0.25, 0.3) is 0 Å². The third-order valence-corrected chi connectivity index (χ3v) is 5.30. The predicted molar refractivity (Wildman–Crippen MR) is 122 cm³/mol. The molecule has 4 amide bonds. The Morgan fingerprint density at radius 3 is 2.56 bits per heavy atom. The standard InChI is InChI=1S/C23H32N4O7/c1-14(2)12-17(26-19(28)9-8-16-6-5-11-34-16)21(30)24-13-20(29)27-10-4-7-18(27)22(31)25-15(3)23(32)33/h5-6,8-9,11,14-15,17-18H,4,7,10,12-13H2,1-3H3,(H,24,30)(H,25,31)(H,26,28)(H,32,33)/b9-8+/t15-,17+,18+/m1/s1. The molecule has 1 aromatic rings. The van der Waals surface area contributed by atoms with Gasteiger partial charge in [0, 0.05) is 12.6 Å². The monoisotopic (exact) mass is 476 g/mol. The first-order valence-corrected chi connectivity index (χ1v) is 11.2. The molecule has 0 aromatic carbocycles. The highest BCUT2D eigenvalue weighted by Crippen LogP contribution is 2.17. The van der Waals surface area contributed by atoms with Gasteiger partial charge in [-0.25, -0.2) is 0 Å². The Morgan fingerprint density at radius 1 is 1.21 bits per heavy atom. The van der Waals surface area contributed by atoms with Crippen molar-refractivity contribution in [3.63, 3.8) is 0 Å². The number of hydrogen-bond acceptors (Lipinski definition) is 6. The molecule has 0 bridgehead atoms. The zero-order valence-corrected chi connectivity index (χ0v) is 19.6. The number of furan rings is 1. The van der Waals surface area contributed by atoms with Gasteiger partial charge in [-0.3, -0.25) is 24.0 Å². The maximum Gasteiger partial charge on any atom is 0.325 e. The summed E-state index contributed by atoms with van der Waals surface area (Å²) < 4.78 is 5.13. The first-order chi connectivity index (χ1) is 16.1. The summed E-state index contributed by atoms with van der Waals surface area (Å²) in [5, 5.41) is 16.5. The van der Waals surface area contributed by atoms with Crippen molar-refractivity contribution in [2.24, 2.45) is 5.92 Å². The summed E-state index contributed by atoms with van der Waals surface area (Å²) >= 11 is 0. The number of carbonyl (C=O) groups excluding carboxylic acids is 4. The second kappa shape index (κ2) is 12.6. The molecular weight excluding hydrogens is 444 g/mol. The Morgan fingerprint density at radius 2 is 1.94 bits per heavy atom. The second-order valence-corrected chi connectivity index (χ2v) is 8.57. The van der Waals surface area contributed by atoms with E-state index in [-0.39, 0.29) is 12.5 Å². The van der Waals surface area contributed by atoms with Crippen LogP contribution in [0.3, 0.4) is 0 Å². The number of likely N-dealkylation sites (tertiary alicyclic amines) is 1. The summed E-state index contributed by atoms with van der Waals surface area (Å²) in [5.74, 6) is -2.57. The van der Waals surface area contributed by atoms with Crippen LogP contribution in [-0.4, -0.2) is 70.8 Å². The molecule has 1 saturated heterocycles. The van der Waals surface area contributed by atoms with Gasteiger partial charge in [0.1, 0.15) is 23.9 Å². The highest BCUT2D eigenvalue weighted by atomic mass is 16.4. The number of carbonyl (C=O) groups is 5. The van der Waals surface area contributed by atoms with E-state index in [4.69, 9.17) is 9.52 Å². The largest absolute Gasteiger partial charge is 0.480 e. The fourth-order valence-electron chi connectivity index (χ4n) is 3.56. The molecular formula is C23H32N4O7. The van der Waals surface area contributed by atoms with Crippen molar-refractivity contribution in [3.05, 3.63) is 30.2 Å². The van der Waals surface area contributed by atoms with Crippen LogP contribution in [0.1, 0.15) is 45.8 Å². The zero-order valence-electron chi connectivity index (χ0n) is 19.6. The van der Waals surface area contributed by atoms with Crippen LogP contribution in [0.2, 0.25) is 0 Å². The lowest BCUT2D eigenvalue weighted by molar-refractivity contribution is -0.143. The minimum atomic E-state index is -1.17. The molecule has 1 aliphatic heterocycles. The van der Waals surface area contributed by atoms with E-state index in [1.165, 1.54) is 30.2 Å². The number of nitrogens with zero attached hydrogens (tertiary/aromatic N) is 1. The molecule has 0 saturated carbocycles. The lowest BCUT2D eigenvalue weighted by Crippen LogP contribution is -2.53. The minimum Gasteiger partial charge on any atom is -0.480 e. The summed E-state index contributed by atoms with van der Waals surface area (Å²) in [6.45, 7) is 5.14. The van der Waals surface area contributed by atoms with Gasteiger partial charge < -0.3 is 30.4 Å². The normalized spacial score (nSPS) is 17.4. The number of hydrogen-bond donors (Lipinski definition) is 4. The van der Waals surface area contributed by atoms with E-state index in [2.05, 4.69) is 16.0 Å². The van der Waals surface area contributed by atoms with Crippen molar-refractivity contribution in [1.29, 1.82) is 0 Å². The highest BCUT2D eigenvalue weighted by molar-refractivity contribution is 5.96. The Kier molecular flexibility index (Phi) is 9.84. The van der Waals surface area contributed by atoms with E-state index in [1.54, 1.807) is 12.1 Å². The summed E-state index contributed by atoms with van der Waals surface area (Å²) in [6, 6.07) is 0.652. The topological polar surface area (TPSA) is 158 Å². The van der Waals surface area contributed by atoms with Crippen LogP contribution in [0, 0.1) is 5.92 Å². The van der Waals surface area contributed by atoms with E-state index in [1.807, 2.05) is 13.8 Å². The van der Waals surface area contributed by atoms with Crippen LogP contribution >= 0.6 is 0 Å². The number of carboxylic acids is 1. The predicted octanol–water partition coefficient (Wildman–Crippen LogP) is 0.520. The minimum absolute atomic E-state index is 0.101. The molecule has 0 aliphatic carbocycles. The SMILES string of the molecule is CC(C)C[C@H](NC(=O)/C=C/c1ccco1)C(=O)NCC(=O)N1CCC[C@H]1C(=O)N[C@H](C)C(=O)O. The van der Waals surface area contributed by atoms with Crippen molar-refractivity contribution in [2.75, 3.05) is 13.1 Å². The quantitative estimate of drug-likeness (QED) is 0.339. The van der Waals surface area contributed by atoms with Gasteiger partial charge in [0.2, 0.25) is 23.6 Å². The van der Waals surface area contributed by atoms with E-state index >= 15 is 0 Å². The highest BCUT2D eigenvalue weighted by Gasteiger charge is 2.35. The van der Waals surface area contributed by atoms with Crippen LogP contribution in [0.25, 0.3) is 6.08 Å². The molecule has 34 heavy (non-hydrogen) atoms. The van der Waals surface area contributed by atoms with Crippen molar-refractivity contribution < 1.29 is 33.5 Å². The molecule has 1 fully saturated rings. The van der Waals surface area contributed by atoms with Crippen LogP contribution in [0.15, 0.2) is 28.9 Å². The van der Waals surface area contributed by atoms with Crippen molar-refractivity contribution >= 4 is 35.7 Å². The third-order valence-electron chi connectivity index (χ3n) is 5.30. The zero-order chi connectivity index (χ0) is 25.3. The number of aliphatic carboxylic acids is 1. The van der Waals surface area contributed by atoms with E-state index < -0.39 is 47.7 Å². The molecule has 1 aliphatic rings. The number of amides is 4. The number of nitrogens with one attached hydrogen (secondary N) is 3. The summed E-state index contributed by atoms with van der Waals surface area (Å²) in [7, 11) is 0. The first kappa shape index (κ1) is 26.6. The first-order valence-electron chi connectivity index (χ1n) is 11.2. The van der Waals surface area contributed by atoms with Gasteiger partial charge in [0.15, 0.2) is 0 Å². The van der Waals surface area contributed by atoms with Crippen LogP contribution in [-0.2, 0) is 24.0 Å². The molecule has 186 valence electrons. The summed E-state index contributed by atoms with van der Waals surface area (Å²) in [4.78, 5) is 62.4. The van der Waals surface area contributed by atoms with Gasteiger partial charge >= 0.3 is 5.97 Å². The Bertz CT molecular complexity index is 910.